The fourth-order valence-electron chi connectivity index (χ4n) is 2.34. The Kier molecular flexibility index (Phi) is 4.38. The Bertz CT molecular complexity index is 321. The highest BCUT2D eigenvalue weighted by atomic mass is 32.1. The normalized spacial score (nSPS) is 22.5. The van der Waals surface area contributed by atoms with Gasteiger partial charge in [-0.1, -0.05) is 13.8 Å². The molecule has 16 heavy (non-hydrogen) atoms. The van der Waals surface area contributed by atoms with E-state index in [0.717, 1.165) is 13.1 Å². The van der Waals surface area contributed by atoms with Crippen LogP contribution >= 0.6 is 11.3 Å². The first-order chi connectivity index (χ1) is 7.83. The van der Waals surface area contributed by atoms with Crippen LogP contribution in [0.15, 0.2) is 11.4 Å². The first kappa shape index (κ1) is 12.1. The third-order valence-corrected chi connectivity index (χ3v) is 4.37. The summed E-state index contributed by atoms with van der Waals surface area (Å²) in [5.41, 5.74) is 1.54. The summed E-state index contributed by atoms with van der Waals surface area (Å²) in [4.78, 5) is 4.16. The highest BCUT2D eigenvalue weighted by Crippen LogP contribution is 2.20. The Balaban J connectivity index is 1.93. The molecule has 0 saturated carbocycles. The highest BCUT2D eigenvalue weighted by molar-refractivity contribution is 7.10. The van der Waals surface area contributed by atoms with E-state index < -0.39 is 0 Å². The van der Waals surface area contributed by atoms with Crippen molar-refractivity contribution >= 4 is 11.3 Å². The number of piperazine rings is 1. The summed E-state index contributed by atoms with van der Waals surface area (Å²) in [5, 5.41) is 5.80. The van der Waals surface area contributed by atoms with Crippen LogP contribution in [0.1, 0.15) is 30.7 Å². The molecule has 1 unspecified atom stereocenters. The van der Waals surface area contributed by atoms with Gasteiger partial charge in [0.2, 0.25) is 0 Å². The SMILES string of the molecule is CCc1ccsc1CN1CCNC(CC)C1. The molecule has 1 fully saturated rings. The largest absolute Gasteiger partial charge is 0.311 e. The molecule has 2 heterocycles. The van der Waals surface area contributed by atoms with Crippen LogP contribution in [0, 0.1) is 0 Å². The number of hydrogen-bond donors (Lipinski definition) is 1. The van der Waals surface area contributed by atoms with Gasteiger partial charge in [-0.15, -0.1) is 11.3 Å². The van der Waals surface area contributed by atoms with Crippen molar-refractivity contribution in [2.24, 2.45) is 0 Å². The van der Waals surface area contributed by atoms with Gasteiger partial charge in [0, 0.05) is 37.1 Å². The van der Waals surface area contributed by atoms with Gasteiger partial charge < -0.3 is 5.32 Å². The van der Waals surface area contributed by atoms with E-state index in [1.54, 1.807) is 4.88 Å². The molecule has 1 aliphatic heterocycles. The highest BCUT2D eigenvalue weighted by Gasteiger charge is 2.18. The molecule has 1 N–H and O–H groups in total. The number of aryl methyl sites for hydroxylation is 1. The summed E-state index contributed by atoms with van der Waals surface area (Å²) in [5.74, 6) is 0. The molecule has 2 nitrogen and oxygen atoms in total. The van der Waals surface area contributed by atoms with E-state index in [2.05, 4.69) is 35.5 Å². The van der Waals surface area contributed by atoms with E-state index in [-0.39, 0.29) is 0 Å². The molecule has 90 valence electrons. The van der Waals surface area contributed by atoms with E-state index in [0.29, 0.717) is 6.04 Å². The van der Waals surface area contributed by atoms with Crippen molar-refractivity contribution in [2.75, 3.05) is 19.6 Å². The van der Waals surface area contributed by atoms with E-state index >= 15 is 0 Å². The van der Waals surface area contributed by atoms with Gasteiger partial charge in [-0.3, -0.25) is 4.90 Å². The second-order valence-corrected chi connectivity index (χ2v) is 5.52. The average molecular weight is 238 g/mol. The maximum Gasteiger partial charge on any atom is 0.0331 e. The molecule has 3 heteroatoms. The number of nitrogens with one attached hydrogen (secondary N) is 1. The number of thiophene rings is 1. The zero-order chi connectivity index (χ0) is 11.4. The van der Waals surface area contributed by atoms with Crippen molar-refractivity contribution in [3.8, 4) is 0 Å². The lowest BCUT2D eigenvalue weighted by molar-refractivity contribution is 0.191. The Hall–Kier alpha value is -0.380. The van der Waals surface area contributed by atoms with Crippen LogP contribution in [0.5, 0.6) is 0 Å². The zero-order valence-corrected chi connectivity index (χ0v) is 11.1. The number of hydrogen-bond acceptors (Lipinski definition) is 3. The van der Waals surface area contributed by atoms with E-state index in [9.17, 15) is 0 Å². The smallest absolute Gasteiger partial charge is 0.0331 e. The van der Waals surface area contributed by atoms with Gasteiger partial charge >= 0.3 is 0 Å². The van der Waals surface area contributed by atoms with Crippen LogP contribution in [0.3, 0.4) is 0 Å². The molecule has 2 rings (SSSR count). The monoisotopic (exact) mass is 238 g/mol. The summed E-state index contributed by atoms with van der Waals surface area (Å²) >= 11 is 1.91. The van der Waals surface area contributed by atoms with Crippen LogP contribution in [0.25, 0.3) is 0 Å². The van der Waals surface area contributed by atoms with Crippen molar-refractivity contribution < 1.29 is 0 Å². The predicted molar refractivity (Wildman–Crippen MR) is 71.1 cm³/mol. The standard InChI is InChI=1S/C13H22N2S/c1-3-11-5-8-16-13(11)10-15-7-6-14-12(4-2)9-15/h5,8,12,14H,3-4,6-7,9-10H2,1-2H3. The van der Waals surface area contributed by atoms with E-state index in [4.69, 9.17) is 0 Å². The molecule has 0 radical (unpaired) electrons. The summed E-state index contributed by atoms with van der Waals surface area (Å²) in [6.45, 7) is 9.21. The van der Waals surface area contributed by atoms with Crippen molar-refractivity contribution in [3.05, 3.63) is 21.9 Å². The van der Waals surface area contributed by atoms with Crippen LogP contribution in [0.2, 0.25) is 0 Å². The van der Waals surface area contributed by atoms with Gasteiger partial charge in [-0.25, -0.2) is 0 Å². The minimum Gasteiger partial charge on any atom is -0.311 e. The fraction of sp³-hybridized carbons (Fsp3) is 0.692. The molecule has 1 aromatic rings. The average Bonchev–Trinajstić information content (AvgIpc) is 2.76. The fourth-order valence-corrected chi connectivity index (χ4v) is 3.35. The number of nitrogens with zero attached hydrogens (tertiary/aromatic N) is 1. The summed E-state index contributed by atoms with van der Waals surface area (Å²) in [7, 11) is 0. The molecular formula is C13H22N2S. The third-order valence-electron chi connectivity index (χ3n) is 3.42. The molecule has 0 aliphatic carbocycles. The van der Waals surface area contributed by atoms with Gasteiger partial charge in [-0.05, 0) is 29.9 Å². The molecule has 1 aromatic heterocycles. The molecule has 1 atom stereocenters. The van der Waals surface area contributed by atoms with Gasteiger partial charge in [0.1, 0.15) is 0 Å². The van der Waals surface area contributed by atoms with Crippen molar-refractivity contribution in [1.29, 1.82) is 0 Å². The van der Waals surface area contributed by atoms with Crippen LogP contribution in [-0.4, -0.2) is 30.6 Å². The molecule has 0 spiro atoms. The Morgan fingerprint density at radius 3 is 3.12 bits per heavy atom. The van der Waals surface area contributed by atoms with Gasteiger partial charge in [0.15, 0.2) is 0 Å². The van der Waals surface area contributed by atoms with Crippen LogP contribution in [0.4, 0.5) is 0 Å². The second kappa shape index (κ2) is 5.80. The van der Waals surface area contributed by atoms with Crippen molar-refractivity contribution in [2.45, 2.75) is 39.3 Å². The summed E-state index contributed by atoms with van der Waals surface area (Å²) < 4.78 is 0. The molecular weight excluding hydrogens is 216 g/mol. The van der Waals surface area contributed by atoms with Crippen LogP contribution in [-0.2, 0) is 13.0 Å². The third kappa shape index (κ3) is 2.84. The molecule has 1 aliphatic rings. The first-order valence-corrected chi connectivity index (χ1v) is 7.22. The zero-order valence-electron chi connectivity index (χ0n) is 10.3. The first-order valence-electron chi connectivity index (χ1n) is 6.34. The van der Waals surface area contributed by atoms with E-state index in [1.165, 1.54) is 31.5 Å². The molecule has 1 saturated heterocycles. The lowest BCUT2D eigenvalue weighted by atomic mass is 10.1. The Morgan fingerprint density at radius 2 is 2.38 bits per heavy atom. The lowest BCUT2D eigenvalue weighted by Crippen LogP contribution is -2.49. The number of rotatable bonds is 4. The van der Waals surface area contributed by atoms with Crippen LogP contribution < -0.4 is 5.32 Å². The maximum absolute atomic E-state index is 3.57. The van der Waals surface area contributed by atoms with E-state index in [1.807, 2.05) is 11.3 Å². The van der Waals surface area contributed by atoms with Crippen molar-refractivity contribution in [1.82, 2.24) is 10.2 Å². The van der Waals surface area contributed by atoms with Crippen molar-refractivity contribution in [3.63, 3.8) is 0 Å². The molecule has 0 aromatic carbocycles. The quantitative estimate of drug-likeness (QED) is 0.867. The minimum atomic E-state index is 0.693. The van der Waals surface area contributed by atoms with Gasteiger partial charge in [0.25, 0.3) is 0 Å². The Morgan fingerprint density at radius 1 is 1.50 bits per heavy atom. The summed E-state index contributed by atoms with van der Waals surface area (Å²) in [6, 6.07) is 2.97. The topological polar surface area (TPSA) is 15.3 Å². The second-order valence-electron chi connectivity index (χ2n) is 4.52. The Labute approximate surface area is 103 Å². The molecule has 0 amide bonds. The molecule has 0 bridgehead atoms. The van der Waals surface area contributed by atoms with Gasteiger partial charge in [0.05, 0.1) is 0 Å². The van der Waals surface area contributed by atoms with Gasteiger partial charge in [-0.2, -0.15) is 0 Å². The predicted octanol–water partition coefficient (Wildman–Crippen LogP) is 2.49. The maximum atomic E-state index is 3.57. The summed E-state index contributed by atoms with van der Waals surface area (Å²) in [6.07, 6.45) is 2.41. The minimum absolute atomic E-state index is 0.693. The lowest BCUT2D eigenvalue weighted by Gasteiger charge is -2.33.